The van der Waals surface area contributed by atoms with Gasteiger partial charge in [-0.3, -0.25) is 4.98 Å². The molecule has 1 unspecified atom stereocenters. The molecule has 102 valence electrons. The molecule has 0 spiro atoms. The third-order valence-electron chi connectivity index (χ3n) is 3.52. The molecule has 0 aliphatic heterocycles. The fourth-order valence-corrected chi connectivity index (χ4v) is 2.75. The van der Waals surface area contributed by atoms with E-state index in [1.54, 1.807) is 0 Å². The standard InChI is InChI=1S/C15H21N3S/c1-11(7-9-19-3)18(2)15-6-8-17-14-10-12(16)4-5-13(14)15/h4-6,8,10-11H,7,9,16H2,1-3H3. The molecule has 4 heteroatoms. The molecule has 2 rings (SSSR count). The molecule has 0 fully saturated rings. The highest BCUT2D eigenvalue weighted by molar-refractivity contribution is 7.98. The van der Waals surface area contributed by atoms with Crippen LogP contribution in [0.15, 0.2) is 30.5 Å². The van der Waals surface area contributed by atoms with Crippen molar-refractivity contribution in [2.45, 2.75) is 19.4 Å². The predicted molar refractivity (Wildman–Crippen MR) is 87.0 cm³/mol. The number of rotatable bonds is 5. The summed E-state index contributed by atoms with van der Waals surface area (Å²) in [5, 5.41) is 1.16. The molecular formula is C15H21N3S. The number of hydrogen-bond donors (Lipinski definition) is 1. The van der Waals surface area contributed by atoms with Crippen molar-refractivity contribution in [1.82, 2.24) is 4.98 Å². The normalized spacial score (nSPS) is 12.6. The van der Waals surface area contributed by atoms with Crippen molar-refractivity contribution in [1.29, 1.82) is 0 Å². The molecule has 0 amide bonds. The second-order valence-corrected chi connectivity index (χ2v) is 5.83. The highest BCUT2D eigenvalue weighted by atomic mass is 32.2. The molecule has 3 nitrogen and oxygen atoms in total. The van der Waals surface area contributed by atoms with E-state index < -0.39 is 0 Å². The Hall–Kier alpha value is -1.42. The summed E-state index contributed by atoms with van der Waals surface area (Å²) >= 11 is 1.89. The highest BCUT2D eigenvalue weighted by Crippen LogP contribution is 2.27. The maximum absolute atomic E-state index is 5.82. The zero-order valence-corrected chi connectivity index (χ0v) is 12.6. The van der Waals surface area contributed by atoms with Gasteiger partial charge in [-0.05, 0) is 49.6 Å². The number of nitrogen functional groups attached to an aromatic ring is 1. The second kappa shape index (κ2) is 6.15. The molecule has 1 aromatic carbocycles. The van der Waals surface area contributed by atoms with E-state index in [4.69, 9.17) is 5.73 Å². The largest absolute Gasteiger partial charge is 0.399 e. The Balaban J connectivity index is 2.33. The minimum atomic E-state index is 0.510. The van der Waals surface area contributed by atoms with E-state index in [1.807, 2.05) is 30.1 Å². The predicted octanol–water partition coefficient (Wildman–Crippen LogP) is 3.39. The Morgan fingerprint density at radius 3 is 2.89 bits per heavy atom. The lowest BCUT2D eigenvalue weighted by atomic mass is 10.1. The van der Waals surface area contributed by atoms with Crippen LogP contribution >= 0.6 is 11.8 Å². The van der Waals surface area contributed by atoms with Gasteiger partial charge in [0, 0.05) is 36.0 Å². The lowest BCUT2D eigenvalue weighted by Gasteiger charge is -2.28. The highest BCUT2D eigenvalue weighted by Gasteiger charge is 2.12. The lowest BCUT2D eigenvalue weighted by Crippen LogP contribution is -2.29. The lowest BCUT2D eigenvalue weighted by molar-refractivity contribution is 0.671. The fourth-order valence-electron chi connectivity index (χ4n) is 2.18. The van der Waals surface area contributed by atoms with E-state index in [1.165, 1.54) is 17.9 Å². The summed E-state index contributed by atoms with van der Waals surface area (Å²) in [4.78, 5) is 6.73. The summed E-state index contributed by atoms with van der Waals surface area (Å²) in [5.74, 6) is 1.18. The minimum absolute atomic E-state index is 0.510. The van der Waals surface area contributed by atoms with Gasteiger partial charge in [0.1, 0.15) is 0 Å². The monoisotopic (exact) mass is 275 g/mol. The molecule has 0 saturated heterocycles. The van der Waals surface area contributed by atoms with Crippen molar-refractivity contribution >= 4 is 34.0 Å². The molecular weight excluding hydrogens is 254 g/mol. The number of nitrogens with zero attached hydrogens (tertiary/aromatic N) is 2. The summed E-state index contributed by atoms with van der Waals surface area (Å²) in [6.45, 7) is 2.26. The molecule has 0 aliphatic carbocycles. The molecule has 1 heterocycles. The van der Waals surface area contributed by atoms with Gasteiger partial charge in [-0.1, -0.05) is 0 Å². The first-order chi connectivity index (χ1) is 9.13. The number of aromatic nitrogens is 1. The van der Waals surface area contributed by atoms with Crippen molar-refractivity contribution in [3.8, 4) is 0 Å². The average molecular weight is 275 g/mol. The van der Waals surface area contributed by atoms with Crippen LogP contribution in [0.4, 0.5) is 11.4 Å². The maximum atomic E-state index is 5.82. The Bertz CT molecular complexity index is 556. The summed E-state index contributed by atoms with van der Waals surface area (Å²) in [5.41, 5.74) is 8.76. The van der Waals surface area contributed by atoms with Gasteiger partial charge in [0.05, 0.1) is 5.52 Å². The third kappa shape index (κ3) is 3.13. The zero-order chi connectivity index (χ0) is 13.8. The number of pyridine rings is 1. The van der Waals surface area contributed by atoms with Gasteiger partial charge in [0.15, 0.2) is 0 Å². The smallest absolute Gasteiger partial charge is 0.0743 e. The van der Waals surface area contributed by atoms with E-state index in [2.05, 4.69) is 42.2 Å². The summed E-state index contributed by atoms with van der Waals surface area (Å²) in [6.07, 6.45) is 5.18. The van der Waals surface area contributed by atoms with Gasteiger partial charge >= 0.3 is 0 Å². The molecule has 0 aliphatic rings. The maximum Gasteiger partial charge on any atom is 0.0743 e. The zero-order valence-electron chi connectivity index (χ0n) is 11.8. The Morgan fingerprint density at radius 2 is 2.16 bits per heavy atom. The first-order valence-corrected chi connectivity index (χ1v) is 7.89. The van der Waals surface area contributed by atoms with Crippen LogP contribution in [0, 0.1) is 0 Å². The molecule has 0 radical (unpaired) electrons. The van der Waals surface area contributed by atoms with Gasteiger partial charge in [-0.2, -0.15) is 11.8 Å². The molecule has 2 aromatic rings. The number of thioether (sulfide) groups is 1. The van der Waals surface area contributed by atoms with Crippen LogP contribution < -0.4 is 10.6 Å². The number of nitrogens with two attached hydrogens (primary N) is 1. The molecule has 2 N–H and O–H groups in total. The van der Waals surface area contributed by atoms with Crippen LogP contribution in [0.1, 0.15) is 13.3 Å². The van der Waals surface area contributed by atoms with E-state index >= 15 is 0 Å². The van der Waals surface area contributed by atoms with E-state index in [0.717, 1.165) is 16.6 Å². The third-order valence-corrected chi connectivity index (χ3v) is 4.17. The van der Waals surface area contributed by atoms with Crippen molar-refractivity contribution in [3.05, 3.63) is 30.5 Å². The first kappa shape index (κ1) is 14.0. The molecule has 19 heavy (non-hydrogen) atoms. The fraction of sp³-hybridized carbons (Fsp3) is 0.400. The quantitative estimate of drug-likeness (QED) is 0.849. The molecule has 1 atom stereocenters. The van der Waals surface area contributed by atoms with Crippen LogP contribution in [0.2, 0.25) is 0 Å². The van der Waals surface area contributed by atoms with Crippen LogP contribution in [0.5, 0.6) is 0 Å². The Kier molecular flexibility index (Phi) is 4.53. The van der Waals surface area contributed by atoms with Gasteiger partial charge in [-0.25, -0.2) is 0 Å². The topological polar surface area (TPSA) is 42.2 Å². The number of benzene rings is 1. The van der Waals surface area contributed by atoms with Gasteiger partial charge in [-0.15, -0.1) is 0 Å². The number of anilines is 2. The summed E-state index contributed by atoms with van der Waals surface area (Å²) in [7, 11) is 2.15. The SMILES string of the molecule is CSCCC(C)N(C)c1ccnc2cc(N)ccc12. The van der Waals surface area contributed by atoms with Crippen LogP contribution in [0.25, 0.3) is 10.9 Å². The number of hydrogen-bond acceptors (Lipinski definition) is 4. The van der Waals surface area contributed by atoms with Crippen LogP contribution in [0.3, 0.4) is 0 Å². The van der Waals surface area contributed by atoms with E-state index in [0.29, 0.717) is 6.04 Å². The van der Waals surface area contributed by atoms with E-state index in [-0.39, 0.29) is 0 Å². The first-order valence-electron chi connectivity index (χ1n) is 6.49. The van der Waals surface area contributed by atoms with Gasteiger partial charge in [0.25, 0.3) is 0 Å². The average Bonchev–Trinajstić information content (AvgIpc) is 2.42. The summed E-state index contributed by atoms with van der Waals surface area (Å²) < 4.78 is 0. The van der Waals surface area contributed by atoms with Crippen molar-refractivity contribution in [2.24, 2.45) is 0 Å². The van der Waals surface area contributed by atoms with Gasteiger partial charge in [0.2, 0.25) is 0 Å². The van der Waals surface area contributed by atoms with Crippen molar-refractivity contribution in [2.75, 3.05) is 29.7 Å². The Morgan fingerprint density at radius 1 is 1.37 bits per heavy atom. The van der Waals surface area contributed by atoms with Gasteiger partial charge < -0.3 is 10.6 Å². The van der Waals surface area contributed by atoms with Crippen LogP contribution in [-0.2, 0) is 0 Å². The Labute approximate surface area is 119 Å². The number of fused-ring (bicyclic) bond motifs is 1. The molecule has 0 saturated carbocycles. The molecule has 1 aromatic heterocycles. The second-order valence-electron chi connectivity index (χ2n) is 4.85. The van der Waals surface area contributed by atoms with E-state index in [9.17, 15) is 0 Å². The van der Waals surface area contributed by atoms with Crippen LogP contribution in [-0.4, -0.2) is 30.1 Å². The minimum Gasteiger partial charge on any atom is -0.399 e. The molecule has 0 bridgehead atoms. The summed E-state index contributed by atoms with van der Waals surface area (Å²) in [6, 6.07) is 8.52. The van der Waals surface area contributed by atoms with Crippen molar-refractivity contribution < 1.29 is 0 Å². The van der Waals surface area contributed by atoms with Crippen molar-refractivity contribution in [3.63, 3.8) is 0 Å².